The van der Waals surface area contributed by atoms with Gasteiger partial charge in [-0.25, -0.2) is 11.0 Å². The van der Waals surface area contributed by atoms with Crippen molar-refractivity contribution < 1.29 is 0 Å². The summed E-state index contributed by atoms with van der Waals surface area (Å²) in [5.74, 6) is 5.76. The maximum absolute atomic E-state index is 5.65. The van der Waals surface area contributed by atoms with Gasteiger partial charge < -0.3 is 5.73 Å². The van der Waals surface area contributed by atoms with Crippen LogP contribution in [-0.2, 0) is 0 Å². The normalized spacial score (nSPS) is 11.8. The highest BCUT2D eigenvalue weighted by Gasteiger charge is 2.01. The quantitative estimate of drug-likeness (QED) is 0.304. The fourth-order valence-electron chi connectivity index (χ4n) is 0.791. The lowest BCUT2D eigenvalue weighted by Gasteiger charge is -2.04. The Morgan fingerprint density at radius 1 is 1.58 bits per heavy atom. The summed E-state index contributed by atoms with van der Waals surface area (Å²) in [5.41, 5.74) is 5.65. The average Bonchev–Trinajstić information content (AvgIpc) is 2.34. The molecule has 66 valence electrons. The minimum atomic E-state index is 0.457. The van der Waals surface area contributed by atoms with E-state index in [4.69, 9.17) is 11.6 Å². The minimum Gasteiger partial charge on any atom is -0.381 e. The summed E-state index contributed by atoms with van der Waals surface area (Å²) in [5, 5.41) is 5.08. The molecule has 0 aliphatic carbocycles. The van der Waals surface area contributed by atoms with Gasteiger partial charge in [-0.15, -0.1) is 16.4 Å². The van der Waals surface area contributed by atoms with Crippen molar-refractivity contribution in [2.45, 2.75) is 6.92 Å². The summed E-state index contributed by atoms with van der Waals surface area (Å²) in [7, 11) is 1.63. The van der Waals surface area contributed by atoms with Gasteiger partial charge in [0.2, 0.25) is 0 Å². The lowest BCUT2D eigenvalue weighted by Crippen LogP contribution is -2.25. The number of amidine groups is 1. The highest BCUT2D eigenvalue weighted by atomic mass is 32.1. The van der Waals surface area contributed by atoms with E-state index in [2.05, 4.69) is 5.10 Å². The van der Waals surface area contributed by atoms with E-state index >= 15 is 0 Å². The van der Waals surface area contributed by atoms with E-state index in [9.17, 15) is 0 Å². The van der Waals surface area contributed by atoms with Gasteiger partial charge >= 0.3 is 0 Å². The number of hydrogen-bond acceptors (Lipinski definition) is 4. The van der Waals surface area contributed by atoms with Crippen LogP contribution in [0.5, 0.6) is 0 Å². The zero-order valence-electron chi connectivity index (χ0n) is 7.11. The first-order valence-electron chi connectivity index (χ1n) is 3.49. The van der Waals surface area contributed by atoms with Crippen LogP contribution in [0.4, 0.5) is 0 Å². The first-order valence-corrected chi connectivity index (χ1v) is 4.30. The van der Waals surface area contributed by atoms with E-state index in [0.29, 0.717) is 5.84 Å². The Morgan fingerprint density at radius 3 is 2.67 bits per heavy atom. The molecule has 0 atom stereocenters. The number of hydrogen-bond donors (Lipinski definition) is 2. The number of rotatable bonds is 2. The molecule has 0 unspecified atom stereocenters. The standard InChI is InChI=1S/C7H12N4S/c1-5-3-4-6(12-5)7(8)10-11(2)9/h3-4H,9H2,1-2H3,(H2,8,10). The van der Waals surface area contributed by atoms with Crippen LogP contribution in [0.1, 0.15) is 9.75 Å². The molecule has 0 radical (unpaired) electrons. The number of thiophene rings is 1. The molecule has 0 saturated carbocycles. The smallest absolute Gasteiger partial charge is 0.162 e. The Hall–Kier alpha value is -1.07. The highest BCUT2D eigenvalue weighted by Crippen LogP contribution is 2.14. The summed E-state index contributed by atoms with van der Waals surface area (Å²) in [4.78, 5) is 2.16. The van der Waals surface area contributed by atoms with Crippen molar-refractivity contribution in [3.8, 4) is 0 Å². The van der Waals surface area contributed by atoms with E-state index in [1.807, 2.05) is 19.1 Å². The zero-order valence-corrected chi connectivity index (χ0v) is 7.93. The van der Waals surface area contributed by atoms with Crippen molar-refractivity contribution in [3.63, 3.8) is 0 Å². The third-order valence-corrected chi connectivity index (χ3v) is 2.28. The van der Waals surface area contributed by atoms with Crippen molar-refractivity contribution >= 4 is 17.2 Å². The summed E-state index contributed by atoms with van der Waals surface area (Å²) in [6.45, 7) is 2.02. The van der Waals surface area contributed by atoms with Crippen molar-refractivity contribution in [2.24, 2.45) is 16.7 Å². The lowest BCUT2D eigenvalue weighted by atomic mass is 10.4. The van der Waals surface area contributed by atoms with Gasteiger partial charge in [0.15, 0.2) is 5.84 Å². The van der Waals surface area contributed by atoms with E-state index in [0.717, 1.165) is 4.88 Å². The number of nitrogens with two attached hydrogens (primary N) is 2. The monoisotopic (exact) mass is 184 g/mol. The maximum Gasteiger partial charge on any atom is 0.162 e. The highest BCUT2D eigenvalue weighted by molar-refractivity contribution is 7.14. The predicted octanol–water partition coefficient (Wildman–Crippen LogP) is 0.482. The summed E-state index contributed by atoms with van der Waals surface area (Å²) < 4.78 is 0. The molecule has 0 aliphatic heterocycles. The van der Waals surface area contributed by atoms with Gasteiger partial charge in [-0.1, -0.05) is 0 Å². The summed E-state index contributed by atoms with van der Waals surface area (Å²) >= 11 is 1.60. The van der Waals surface area contributed by atoms with Crippen LogP contribution < -0.4 is 11.6 Å². The van der Waals surface area contributed by atoms with Crippen molar-refractivity contribution in [1.29, 1.82) is 0 Å². The van der Waals surface area contributed by atoms with Gasteiger partial charge in [-0.3, -0.25) is 0 Å². The van der Waals surface area contributed by atoms with E-state index in [-0.39, 0.29) is 0 Å². The summed E-state index contributed by atoms with van der Waals surface area (Å²) in [6.07, 6.45) is 0. The Labute approximate surface area is 75.4 Å². The number of aryl methyl sites for hydroxylation is 1. The van der Waals surface area contributed by atoms with Gasteiger partial charge in [0.25, 0.3) is 0 Å². The Balaban J connectivity index is 2.84. The molecular formula is C7H12N4S. The van der Waals surface area contributed by atoms with Gasteiger partial charge in [-0.05, 0) is 19.1 Å². The Kier molecular flexibility index (Phi) is 2.67. The molecule has 0 saturated heterocycles. The Bertz CT molecular complexity index is 289. The third-order valence-electron chi connectivity index (χ3n) is 1.26. The second kappa shape index (κ2) is 3.55. The maximum atomic E-state index is 5.65. The largest absolute Gasteiger partial charge is 0.381 e. The molecule has 1 heterocycles. The molecule has 0 aliphatic rings. The lowest BCUT2D eigenvalue weighted by molar-refractivity contribution is 0.372. The van der Waals surface area contributed by atoms with E-state index in [1.54, 1.807) is 18.4 Å². The van der Waals surface area contributed by atoms with Crippen molar-refractivity contribution in [1.82, 2.24) is 5.12 Å². The van der Waals surface area contributed by atoms with Crippen LogP contribution in [0.2, 0.25) is 0 Å². The molecule has 1 aromatic heterocycles. The number of nitrogens with zero attached hydrogens (tertiary/aromatic N) is 2. The molecule has 12 heavy (non-hydrogen) atoms. The minimum absolute atomic E-state index is 0.457. The van der Waals surface area contributed by atoms with Crippen molar-refractivity contribution in [2.75, 3.05) is 7.05 Å². The van der Waals surface area contributed by atoms with E-state index in [1.165, 1.54) is 10.00 Å². The second-order valence-corrected chi connectivity index (χ2v) is 3.76. The van der Waals surface area contributed by atoms with Crippen LogP contribution in [0.15, 0.2) is 17.2 Å². The Morgan fingerprint density at radius 2 is 2.25 bits per heavy atom. The fraction of sp³-hybridized carbons (Fsp3) is 0.286. The molecule has 1 rings (SSSR count). The molecular weight excluding hydrogens is 172 g/mol. The van der Waals surface area contributed by atoms with E-state index < -0.39 is 0 Å². The van der Waals surface area contributed by atoms with Crippen molar-refractivity contribution in [3.05, 3.63) is 21.9 Å². The molecule has 4 nitrogen and oxygen atoms in total. The van der Waals surface area contributed by atoms with Crippen LogP contribution in [0, 0.1) is 6.92 Å². The van der Waals surface area contributed by atoms with Crippen LogP contribution in [0.25, 0.3) is 0 Å². The number of hydrazone groups is 1. The van der Waals surface area contributed by atoms with Gasteiger partial charge in [0, 0.05) is 11.9 Å². The first-order chi connectivity index (χ1) is 5.59. The summed E-state index contributed by atoms with van der Waals surface area (Å²) in [6, 6.07) is 3.93. The van der Waals surface area contributed by atoms with Gasteiger partial charge in [0.1, 0.15) is 0 Å². The molecule has 0 spiro atoms. The van der Waals surface area contributed by atoms with Gasteiger partial charge in [0.05, 0.1) is 4.88 Å². The SMILES string of the molecule is Cc1ccc(/C(N)=N/N(C)N)s1. The number of hydrazine groups is 1. The molecule has 5 heteroatoms. The topological polar surface area (TPSA) is 67.6 Å². The predicted molar refractivity (Wildman–Crippen MR) is 51.7 cm³/mol. The van der Waals surface area contributed by atoms with Crippen LogP contribution in [-0.4, -0.2) is 18.0 Å². The fourth-order valence-corrected chi connectivity index (χ4v) is 1.56. The second-order valence-electron chi connectivity index (χ2n) is 2.47. The first kappa shape index (κ1) is 9.02. The molecule has 0 amide bonds. The third kappa shape index (κ3) is 2.21. The van der Waals surface area contributed by atoms with Gasteiger partial charge in [-0.2, -0.15) is 0 Å². The molecule has 0 fully saturated rings. The van der Waals surface area contributed by atoms with Crippen LogP contribution >= 0.6 is 11.3 Å². The molecule has 1 aromatic rings. The molecule has 0 aromatic carbocycles. The average molecular weight is 184 g/mol. The molecule has 4 N–H and O–H groups in total. The van der Waals surface area contributed by atoms with Crippen LogP contribution in [0.3, 0.4) is 0 Å². The zero-order chi connectivity index (χ0) is 9.14. The molecule has 0 bridgehead atoms.